The second-order valence-electron chi connectivity index (χ2n) is 4.55. The summed E-state index contributed by atoms with van der Waals surface area (Å²) in [5.74, 6) is 1.27. The number of allylic oxidation sites excluding steroid dienone is 2. The van der Waals surface area contributed by atoms with Gasteiger partial charge in [0, 0.05) is 6.61 Å². The van der Waals surface area contributed by atoms with Gasteiger partial charge in [-0.05, 0) is 38.0 Å². The third kappa shape index (κ3) is 3.95. The van der Waals surface area contributed by atoms with Crippen LogP contribution in [0.2, 0.25) is 0 Å². The molecule has 1 rings (SSSR count). The first-order chi connectivity index (χ1) is 6.22. The lowest BCUT2D eigenvalue weighted by Gasteiger charge is -2.10. The lowest BCUT2D eigenvalue weighted by atomic mass is 9.98. The van der Waals surface area contributed by atoms with Crippen molar-refractivity contribution >= 4 is 0 Å². The van der Waals surface area contributed by atoms with E-state index < -0.39 is 0 Å². The van der Waals surface area contributed by atoms with Crippen molar-refractivity contribution in [3.63, 3.8) is 0 Å². The molecule has 0 saturated heterocycles. The third-order valence-electron chi connectivity index (χ3n) is 2.90. The van der Waals surface area contributed by atoms with E-state index in [2.05, 4.69) is 19.9 Å². The van der Waals surface area contributed by atoms with Crippen LogP contribution in [-0.2, 0) is 0 Å². The summed E-state index contributed by atoms with van der Waals surface area (Å²) in [6, 6.07) is 0. The van der Waals surface area contributed by atoms with Crippen molar-refractivity contribution in [3.05, 3.63) is 11.6 Å². The summed E-state index contributed by atoms with van der Waals surface area (Å²) < 4.78 is 0. The predicted molar refractivity (Wildman–Crippen MR) is 56.6 cm³/mol. The molecule has 1 saturated carbocycles. The van der Waals surface area contributed by atoms with Crippen molar-refractivity contribution in [1.29, 1.82) is 0 Å². The summed E-state index contributed by atoms with van der Waals surface area (Å²) in [6.07, 6.45) is 9.07. The van der Waals surface area contributed by atoms with Crippen molar-refractivity contribution in [2.24, 2.45) is 11.8 Å². The maximum absolute atomic E-state index is 8.92. The smallest absolute Gasteiger partial charge is 0.0459 e. The van der Waals surface area contributed by atoms with Gasteiger partial charge in [-0.3, -0.25) is 0 Å². The first-order valence-electron chi connectivity index (χ1n) is 5.50. The van der Waals surface area contributed by atoms with E-state index in [1.54, 1.807) is 0 Å². The van der Waals surface area contributed by atoms with Gasteiger partial charge in [0.1, 0.15) is 0 Å². The van der Waals surface area contributed by atoms with Crippen molar-refractivity contribution < 1.29 is 5.11 Å². The molecule has 0 aromatic carbocycles. The molecule has 0 spiro atoms. The van der Waals surface area contributed by atoms with Gasteiger partial charge >= 0.3 is 0 Å². The molecule has 1 aliphatic carbocycles. The Kier molecular flexibility index (Phi) is 4.51. The standard InChI is InChI=1S/C12H22O/c1-10(7-11(2)9-13)8-12-5-3-4-6-12/h8,11-13H,3-7,9H2,1-2H3. The average molecular weight is 182 g/mol. The fourth-order valence-electron chi connectivity index (χ4n) is 2.21. The molecule has 1 aliphatic rings. The Hall–Kier alpha value is -0.300. The van der Waals surface area contributed by atoms with E-state index in [-0.39, 0.29) is 0 Å². The zero-order valence-electron chi connectivity index (χ0n) is 8.92. The highest BCUT2D eigenvalue weighted by molar-refractivity contribution is 5.03. The highest BCUT2D eigenvalue weighted by Gasteiger charge is 2.12. The quantitative estimate of drug-likeness (QED) is 0.662. The van der Waals surface area contributed by atoms with Gasteiger partial charge in [0.2, 0.25) is 0 Å². The lowest BCUT2D eigenvalue weighted by Crippen LogP contribution is -2.01. The van der Waals surface area contributed by atoms with Crippen LogP contribution in [0.15, 0.2) is 11.6 Å². The van der Waals surface area contributed by atoms with Crippen LogP contribution in [-0.4, -0.2) is 11.7 Å². The Morgan fingerprint density at radius 3 is 2.62 bits per heavy atom. The monoisotopic (exact) mass is 182 g/mol. The average Bonchev–Trinajstić information content (AvgIpc) is 2.56. The fraction of sp³-hybridized carbons (Fsp3) is 0.833. The molecule has 1 fully saturated rings. The summed E-state index contributed by atoms with van der Waals surface area (Å²) in [4.78, 5) is 0. The van der Waals surface area contributed by atoms with Crippen molar-refractivity contribution in [2.45, 2.75) is 46.0 Å². The summed E-state index contributed by atoms with van der Waals surface area (Å²) in [7, 11) is 0. The van der Waals surface area contributed by atoms with Crippen LogP contribution in [0.1, 0.15) is 46.0 Å². The molecule has 0 heterocycles. The molecule has 1 unspecified atom stereocenters. The normalized spacial score (nSPS) is 22.2. The van der Waals surface area contributed by atoms with E-state index in [4.69, 9.17) is 5.11 Å². The molecule has 13 heavy (non-hydrogen) atoms. The van der Waals surface area contributed by atoms with Crippen LogP contribution in [0.5, 0.6) is 0 Å². The summed E-state index contributed by atoms with van der Waals surface area (Å²) >= 11 is 0. The van der Waals surface area contributed by atoms with Crippen LogP contribution >= 0.6 is 0 Å². The second kappa shape index (κ2) is 5.43. The highest BCUT2D eigenvalue weighted by Crippen LogP contribution is 2.27. The molecule has 0 amide bonds. The van der Waals surface area contributed by atoms with Crippen molar-refractivity contribution in [2.75, 3.05) is 6.61 Å². The van der Waals surface area contributed by atoms with Crippen molar-refractivity contribution in [1.82, 2.24) is 0 Å². The predicted octanol–water partition coefficient (Wildman–Crippen LogP) is 3.14. The van der Waals surface area contributed by atoms with Gasteiger partial charge in [-0.1, -0.05) is 31.4 Å². The molecule has 0 bridgehead atoms. The molecule has 0 aliphatic heterocycles. The van der Waals surface area contributed by atoms with Crippen LogP contribution in [0.3, 0.4) is 0 Å². The molecular weight excluding hydrogens is 160 g/mol. The van der Waals surface area contributed by atoms with Gasteiger partial charge in [-0.25, -0.2) is 0 Å². The molecule has 1 N–H and O–H groups in total. The van der Waals surface area contributed by atoms with Crippen LogP contribution < -0.4 is 0 Å². The summed E-state index contributed by atoms with van der Waals surface area (Å²) in [5, 5.41) is 8.92. The minimum absolute atomic E-state index is 0.315. The van der Waals surface area contributed by atoms with E-state index in [9.17, 15) is 0 Å². The molecular formula is C12H22O. The minimum atomic E-state index is 0.315. The first-order valence-corrected chi connectivity index (χ1v) is 5.50. The second-order valence-corrected chi connectivity index (χ2v) is 4.55. The lowest BCUT2D eigenvalue weighted by molar-refractivity contribution is 0.236. The van der Waals surface area contributed by atoms with Crippen LogP contribution in [0.4, 0.5) is 0 Å². The Morgan fingerprint density at radius 2 is 2.08 bits per heavy atom. The van der Waals surface area contributed by atoms with Gasteiger partial charge in [-0.2, -0.15) is 0 Å². The number of hydrogen-bond donors (Lipinski definition) is 1. The highest BCUT2D eigenvalue weighted by atomic mass is 16.3. The van der Waals surface area contributed by atoms with E-state index >= 15 is 0 Å². The number of rotatable bonds is 4. The maximum Gasteiger partial charge on any atom is 0.0459 e. The molecule has 1 nitrogen and oxygen atoms in total. The van der Waals surface area contributed by atoms with Gasteiger partial charge in [0.15, 0.2) is 0 Å². The Labute approximate surface area is 81.9 Å². The molecule has 1 heteroatoms. The van der Waals surface area contributed by atoms with Gasteiger partial charge in [0.05, 0.1) is 0 Å². The number of hydrogen-bond acceptors (Lipinski definition) is 1. The SMILES string of the molecule is CC(=CC1CCCC1)CC(C)CO. The zero-order valence-corrected chi connectivity index (χ0v) is 8.92. The molecule has 76 valence electrons. The van der Waals surface area contributed by atoms with E-state index in [1.165, 1.54) is 31.3 Å². The van der Waals surface area contributed by atoms with Gasteiger partial charge < -0.3 is 5.11 Å². The van der Waals surface area contributed by atoms with Gasteiger partial charge in [0.25, 0.3) is 0 Å². The fourth-order valence-corrected chi connectivity index (χ4v) is 2.21. The maximum atomic E-state index is 8.92. The Balaban J connectivity index is 2.31. The first kappa shape index (κ1) is 10.8. The van der Waals surface area contributed by atoms with E-state index in [0.29, 0.717) is 12.5 Å². The molecule has 0 radical (unpaired) electrons. The topological polar surface area (TPSA) is 20.2 Å². The Bertz CT molecular complexity index is 166. The summed E-state index contributed by atoms with van der Waals surface area (Å²) in [6.45, 7) is 4.62. The van der Waals surface area contributed by atoms with E-state index in [1.807, 2.05) is 0 Å². The van der Waals surface area contributed by atoms with Crippen LogP contribution in [0.25, 0.3) is 0 Å². The third-order valence-corrected chi connectivity index (χ3v) is 2.90. The largest absolute Gasteiger partial charge is 0.396 e. The number of aliphatic hydroxyl groups is 1. The molecule has 0 aromatic heterocycles. The molecule has 1 atom stereocenters. The zero-order chi connectivity index (χ0) is 9.68. The number of aliphatic hydroxyl groups excluding tert-OH is 1. The molecule has 0 aromatic rings. The Morgan fingerprint density at radius 1 is 1.46 bits per heavy atom. The van der Waals surface area contributed by atoms with E-state index in [0.717, 1.165) is 12.3 Å². The van der Waals surface area contributed by atoms with Crippen LogP contribution in [0, 0.1) is 11.8 Å². The minimum Gasteiger partial charge on any atom is -0.396 e. The summed E-state index contributed by atoms with van der Waals surface area (Å²) in [5.41, 5.74) is 1.47. The van der Waals surface area contributed by atoms with Crippen molar-refractivity contribution in [3.8, 4) is 0 Å². The van der Waals surface area contributed by atoms with Gasteiger partial charge in [-0.15, -0.1) is 0 Å².